The summed E-state index contributed by atoms with van der Waals surface area (Å²) in [6.07, 6.45) is 6.16. The molecular formula is C18H20ClN3O2S. The van der Waals surface area contributed by atoms with Crippen LogP contribution in [-0.4, -0.2) is 23.3 Å². The number of aromatic nitrogens is 1. The van der Waals surface area contributed by atoms with Crippen LogP contribution in [0, 0.1) is 5.92 Å². The minimum absolute atomic E-state index is 0.186. The normalized spacial score (nSPS) is 14.9. The van der Waals surface area contributed by atoms with Crippen LogP contribution >= 0.6 is 22.9 Å². The summed E-state index contributed by atoms with van der Waals surface area (Å²) in [5, 5.41) is 8.29. The van der Waals surface area contributed by atoms with E-state index in [0.717, 1.165) is 0 Å². The number of nitrogens with one attached hydrogen (secondary N) is 2. The van der Waals surface area contributed by atoms with E-state index in [-0.39, 0.29) is 11.8 Å². The van der Waals surface area contributed by atoms with Crippen molar-refractivity contribution in [3.63, 3.8) is 0 Å². The second kappa shape index (κ2) is 8.45. The lowest BCUT2D eigenvalue weighted by Crippen LogP contribution is -2.30. The predicted molar refractivity (Wildman–Crippen MR) is 100 cm³/mol. The number of hydrogen-bond donors (Lipinski definition) is 2. The molecule has 0 aliphatic heterocycles. The van der Waals surface area contributed by atoms with Gasteiger partial charge in [-0.05, 0) is 43.0 Å². The van der Waals surface area contributed by atoms with Gasteiger partial charge in [-0.2, -0.15) is 0 Å². The molecule has 1 aliphatic carbocycles. The highest BCUT2D eigenvalue weighted by Crippen LogP contribution is 2.23. The summed E-state index contributed by atoms with van der Waals surface area (Å²) in [5.74, 6) is 0.106. The average Bonchev–Trinajstić information content (AvgIpc) is 3.09. The van der Waals surface area contributed by atoms with Gasteiger partial charge in [0.1, 0.15) is 5.69 Å². The van der Waals surface area contributed by atoms with Crippen molar-refractivity contribution in [2.24, 2.45) is 5.92 Å². The zero-order valence-corrected chi connectivity index (χ0v) is 15.3. The topological polar surface area (TPSA) is 71.1 Å². The molecule has 0 bridgehead atoms. The van der Waals surface area contributed by atoms with Gasteiger partial charge in [0.15, 0.2) is 5.13 Å². The minimum Gasteiger partial charge on any atom is -0.350 e. The van der Waals surface area contributed by atoms with Crippen LogP contribution in [-0.2, 0) is 0 Å². The monoisotopic (exact) mass is 377 g/mol. The maximum absolute atomic E-state index is 12.2. The third kappa shape index (κ3) is 5.03. The number of rotatable bonds is 5. The van der Waals surface area contributed by atoms with Crippen LogP contribution in [0.4, 0.5) is 5.13 Å². The molecule has 0 saturated heterocycles. The van der Waals surface area contributed by atoms with Crippen molar-refractivity contribution in [1.29, 1.82) is 0 Å². The molecule has 1 heterocycles. The molecule has 2 N–H and O–H groups in total. The van der Waals surface area contributed by atoms with Gasteiger partial charge in [-0.3, -0.25) is 14.9 Å². The predicted octanol–water partition coefficient (Wildman–Crippen LogP) is 4.36. The van der Waals surface area contributed by atoms with Gasteiger partial charge >= 0.3 is 0 Å². The lowest BCUT2D eigenvalue weighted by atomic mass is 9.89. The van der Waals surface area contributed by atoms with Gasteiger partial charge in [0, 0.05) is 22.5 Å². The Balaban J connectivity index is 1.53. The Kier molecular flexibility index (Phi) is 6.04. The number of halogens is 1. The number of nitrogens with zero attached hydrogens (tertiary/aromatic N) is 1. The van der Waals surface area contributed by atoms with E-state index in [1.54, 1.807) is 29.6 Å². The molecule has 0 atom stereocenters. The van der Waals surface area contributed by atoms with Crippen molar-refractivity contribution in [3.8, 4) is 0 Å². The zero-order valence-electron chi connectivity index (χ0n) is 13.8. The largest absolute Gasteiger partial charge is 0.350 e. The first-order valence-electron chi connectivity index (χ1n) is 8.42. The van der Waals surface area contributed by atoms with E-state index in [4.69, 9.17) is 11.6 Å². The highest BCUT2D eigenvalue weighted by atomic mass is 35.5. The van der Waals surface area contributed by atoms with Crippen molar-refractivity contribution in [3.05, 3.63) is 45.9 Å². The number of carbonyl (C=O) groups is 2. The fraction of sp³-hybridized carbons (Fsp3) is 0.389. The zero-order chi connectivity index (χ0) is 17.6. The van der Waals surface area contributed by atoms with Crippen molar-refractivity contribution < 1.29 is 9.59 Å². The molecule has 7 heteroatoms. The Morgan fingerprint density at radius 1 is 1.12 bits per heavy atom. The standard InChI is InChI=1S/C18H20ClN3O2S/c19-14-8-6-13(7-9-14)16(23)22-18-21-15(11-25-18)17(24)20-10-12-4-2-1-3-5-12/h6-9,11-12H,1-5,10H2,(H,20,24)(H,21,22,23). The summed E-state index contributed by atoms with van der Waals surface area (Å²) in [7, 11) is 0. The van der Waals surface area contributed by atoms with Crippen LogP contribution in [0.5, 0.6) is 0 Å². The maximum Gasteiger partial charge on any atom is 0.270 e. The smallest absolute Gasteiger partial charge is 0.270 e. The van der Waals surface area contributed by atoms with Gasteiger partial charge in [-0.15, -0.1) is 11.3 Å². The Hall–Kier alpha value is -1.92. The fourth-order valence-corrected chi connectivity index (χ4v) is 3.74. The molecule has 0 spiro atoms. The summed E-state index contributed by atoms with van der Waals surface area (Å²) in [6, 6.07) is 6.59. The number of amides is 2. The first kappa shape index (κ1) is 17.9. The van der Waals surface area contributed by atoms with Crippen LogP contribution in [0.3, 0.4) is 0 Å². The van der Waals surface area contributed by atoms with E-state index in [1.807, 2.05) is 0 Å². The van der Waals surface area contributed by atoms with Crippen molar-refractivity contribution >= 4 is 39.9 Å². The average molecular weight is 378 g/mol. The number of thiazole rings is 1. The molecule has 25 heavy (non-hydrogen) atoms. The Labute approximate surface area is 155 Å². The van der Waals surface area contributed by atoms with Gasteiger partial charge in [0.05, 0.1) is 0 Å². The van der Waals surface area contributed by atoms with Gasteiger partial charge in [-0.25, -0.2) is 4.98 Å². The van der Waals surface area contributed by atoms with Gasteiger partial charge in [0.2, 0.25) is 0 Å². The molecule has 2 amide bonds. The lowest BCUT2D eigenvalue weighted by Gasteiger charge is -2.21. The molecule has 1 saturated carbocycles. The minimum atomic E-state index is -0.278. The molecule has 1 fully saturated rings. The van der Waals surface area contributed by atoms with Gasteiger partial charge in [-0.1, -0.05) is 30.9 Å². The molecule has 2 aromatic rings. The summed E-state index contributed by atoms with van der Waals surface area (Å²) >= 11 is 7.05. The maximum atomic E-state index is 12.2. The molecule has 5 nitrogen and oxygen atoms in total. The highest BCUT2D eigenvalue weighted by Gasteiger charge is 2.17. The summed E-state index contributed by atoms with van der Waals surface area (Å²) in [4.78, 5) is 28.6. The molecule has 0 unspecified atom stereocenters. The Morgan fingerprint density at radius 2 is 1.84 bits per heavy atom. The Bertz CT molecular complexity index is 739. The van der Waals surface area contributed by atoms with E-state index < -0.39 is 0 Å². The first-order valence-corrected chi connectivity index (χ1v) is 9.68. The van der Waals surface area contributed by atoms with Crippen LogP contribution in [0.2, 0.25) is 5.02 Å². The van der Waals surface area contributed by atoms with Crippen molar-refractivity contribution in [2.75, 3.05) is 11.9 Å². The summed E-state index contributed by atoms with van der Waals surface area (Å²) in [5.41, 5.74) is 0.829. The molecule has 1 aliphatic rings. The Morgan fingerprint density at radius 3 is 2.56 bits per heavy atom. The molecular weight excluding hydrogens is 358 g/mol. The third-order valence-corrected chi connectivity index (χ3v) is 5.35. The van der Waals surface area contributed by atoms with Gasteiger partial charge < -0.3 is 5.32 Å². The fourth-order valence-electron chi connectivity index (χ4n) is 2.92. The molecule has 1 aromatic heterocycles. The van der Waals surface area contributed by atoms with E-state index in [0.29, 0.717) is 33.9 Å². The lowest BCUT2D eigenvalue weighted by molar-refractivity contribution is 0.0938. The number of carbonyl (C=O) groups excluding carboxylic acids is 2. The van der Waals surface area contributed by atoms with Gasteiger partial charge in [0.25, 0.3) is 11.8 Å². The molecule has 1 aromatic carbocycles. The highest BCUT2D eigenvalue weighted by molar-refractivity contribution is 7.14. The number of benzene rings is 1. The number of anilines is 1. The van der Waals surface area contributed by atoms with Crippen LogP contribution in [0.1, 0.15) is 53.0 Å². The quantitative estimate of drug-likeness (QED) is 0.813. The van der Waals surface area contributed by atoms with Crippen molar-refractivity contribution in [2.45, 2.75) is 32.1 Å². The van der Waals surface area contributed by atoms with E-state index in [2.05, 4.69) is 15.6 Å². The van der Waals surface area contributed by atoms with E-state index >= 15 is 0 Å². The van der Waals surface area contributed by atoms with E-state index in [1.165, 1.54) is 43.4 Å². The van der Waals surface area contributed by atoms with Crippen LogP contribution in [0.25, 0.3) is 0 Å². The third-order valence-electron chi connectivity index (χ3n) is 4.34. The second-order valence-corrected chi connectivity index (χ2v) is 7.51. The van der Waals surface area contributed by atoms with Crippen LogP contribution < -0.4 is 10.6 Å². The SMILES string of the molecule is O=C(Nc1nc(C(=O)NCC2CCCCC2)cs1)c1ccc(Cl)cc1. The molecule has 0 radical (unpaired) electrons. The first-order chi connectivity index (χ1) is 12.1. The van der Waals surface area contributed by atoms with E-state index in [9.17, 15) is 9.59 Å². The summed E-state index contributed by atoms with van der Waals surface area (Å²) < 4.78 is 0. The summed E-state index contributed by atoms with van der Waals surface area (Å²) in [6.45, 7) is 0.697. The second-order valence-electron chi connectivity index (χ2n) is 6.21. The molecule has 132 valence electrons. The number of hydrogen-bond acceptors (Lipinski definition) is 4. The van der Waals surface area contributed by atoms with Crippen LogP contribution in [0.15, 0.2) is 29.6 Å². The van der Waals surface area contributed by atoms with Crippen molar-refractivity contribution in [1.82, 2.24) is 10.3 Å². The molecule has 3 rings (SSSR count).